The van der Waals surface area contributed by atoms with E-state index in [2.05, 4.69) is 0 Å². The van der Waals surface area contributed by atoms with Gasteiger partial charge in [0.2, 0.25) is 0 Å². The van der Waals surface area contributed by atoms with Crippen molar-refractivity contribution >= 4 is 42.0 Å². The van der Waals surface area contributed by atoms with Crippen molar-refractivity contribution in [2.45, 2.75) is 36.9 Å². The first-order chi connectivity index (χ1) is 11.4. The molecular weight excluding hydrogens is 368 g/mol. The standard InChI is InChI=1S/C16H20N2O5S.ClH/c1-8(19)23-7-10-6-9(2-3-11(10)16(21)22)13-14(20)18-5-4-12(17)24-15(13)18;/h4-5,10-12,15H,2-3,6-7,17H2,1H3,(H,21,22);1H/t10?,11?,12?,15-;/m1./s1. The predicted octanol–water partition coefficient (Wildman–Crippen LogP) is 1.48. The van der Waals surface area contributed by atoms with Crippen LogP contribution < -0.4 is 5.73 Å². The van der Waals surface area contributed by atoms with Crippen molar-refractivity contribution in [1.29, 1.82) is 0 Å². The Labute approximate surface area is 156 Å². The van der Waals surface area contributed by atoms with Gasteiger partial charge in [0.25, 0.3) is 5.91 Å². The average Bonchev–Trinajstić information content (AvgIpc) is 2.52. The van der Waals surface area contributed by atoms with Crippen LogP contribution in [0.5, 0.6) is 0 Å². The smallest absolute Gasteiger partial charge is 0.306 e. The van der Waals surface area contributed by atoms with E-state index >= 15 is 0 Å². The van der Waals surface area contributed by atoms with Crippen LogP contribution in [0.3, 0.4) is 0 Å². The van der Waals surface area contributed by atoms with Gasteiger partial charge in [-0.05, 0) is 25.3 Å². The highest BCUT2D eigenvalue weighted by Gasteiger charge is 2.47. The molecule has 1 amide bonds. The van der Waals surface area contributed by atoms with E-state index in [1.165, 1.54) is 18.7 Å². The maximum absolute atomic E-state index is 12.4. The van der Waals surface area contributed by atoms with Gasteiger partial charge >= 0.3 is 11.9 Å². The maximum atomic E-state index is 12.4. The number of halogens is 1. The van der Waals surface area contributed by atoms with Crippen molar-refractivity contribution in [3.63, 3.8) is 0 Å². The normalized spacial score (nSPS) is 33.8. The van der Waals surface area contributed by atoms with E-state index in [4.69, 9.17) is 10.5 Å². The zero-order valence-electron chi connectivity index (χ0n) is 13.7. The van der Waals surface area contributed by atoms with Gasteiger partial charge in [-0.3, -0.25) is 19.3 Å². The second-order valence-electron chi connectivity index (χ2n) is 6.27. The van der Waals surface area contributed by atoms with E-state index in [-0.39, 0.29) is 41.6 Å². The van der Waals surface area contributed by atoms with Gasteiger partial charge in [0, 0.05) is 24.6 Å². The van der Waals surface area contributed by atoms with Crippen molar-refractivity contribution in [2.24, 2.45) is 17.6 Å². The molecule has 3 N–H and O–H groups in total. The molecule has 2 fully saturated rings. The zero-order valence-corrected chi connectivity index (χ0v) is 15.3. The summed E-state index contributed by atoms with van der Waals surface area (Å²) in [6.45, 7) is 1.37. The molecule has 0 aromatic rings. The summed E-state index contributed by atoms with van der Waals surface area (Å²) >= 11 is 1.50. The van der Waals surface area contributed by atoms with Crippen LogP contribution in [-0.4, -0.2) is 45.2 Å². The Kier molecular flexibility index (Phi) is 6.18. The lowest BCUT2D eigenvalue weighted by Gasteiger charge is -2.45. The first-order valence-electron chi connectivity index (χ1n) is 7.88. The second kappa shape index (κ2) is 7.80. The molecule has 0 spiro atoms. The molecule has 0 aromatic heterocycles. The largest absolute Gasteiger partial charge is 0.481 e. The fourth-order valence-electron chi connectivity index (χ4n) is 3.50. The van der Waals surface area contributed by atoms with Gasteiger partial charge < -0.3 is 15.6 Å². The van der Waals surface area contributed by atoms with Crippen LogP contribution in [-0.2, 0) is 19.1 Å². The number of β-lactam (4-membered cyclic amide) rings is 1. The molecule has 3 rings (SSSR count). The summed E-state index contributed by atoms with van der Waals surface area (Å²) in [6, 6.07) is 0. The van der Waals surface area contributed by atoms with Crippen LogP contribution in [0.1, 0.15) is 26.2 Å². The summed E-state index contributed by atoms with van der Waals surface area (Å²) in [4.78, 5) is 36.5. The van der Waals surface area contributed by atoms with E-state index in [1.807, 2.05) is 0 Å². The zero-order chi connectivity index (χ0) is 17.4. The topological polar surface area (TPSA) is 110 Å². The highest BCUT2D eigenvalue weighted by molar-refractivity contribution is 8.01. The molecule has 2 aliphatic heterocycles. The molecule has 4 atom stereocenters. The lowest BCUT2D eigenvalue weighted by Crippen LogP contribution is -2.54. The number of allylic oxidation sites excluding steroid dienone is 1. The minimum absolute atomic E-state index is 0. The third-order valence-corrected chi connectivity index (χ3v) is 5.91. The number of nitrogens with zero attached hydrogens (tertiary/aromatic N) is 1. The summed E-state index contributed by atoms with van der Waals surface area (Å²) in [5.41, 5.74) is 7.63. The van der Waals surface area contributed by atoms with Gasteiger partial charge in [0.1, 0.15) is 5.37 Å². The van der Waals surface area contributed by atoms with Gasteiger partial charge in [-0.1, -0.05) is 5.57 Å². The predicted molar refractivity (Wildman–Crippen MR) is 94.7 cm³/mol. The number of amides is 1. The lowest BCUT2D eigenvalue weighted by molar-refractivity contribution is -0.150. The number of carbonyl (C=O) groups is 3. The minimum atomic E-state index is -0.880. The molecule has 1 saturated heterocycles. The monoisotopic (exact) mass is 388 g/mol. The van der Waals surface area contributed by atoms with Gasteiger partial charge in [-0.15, -0.1) is 24.2 Å². The third kappa shape index (κ3) is 3.86. The highest BCUT2D eigenvalue weighted by Crippen LogP contribution is 2.45. The van der Waals surface area contributed by atoms with E-state index < -0.39 is 17.9 Å². The fraction of sp³-hybridized carbons (Fsp3) is 0.562. The number of hydrogen-bond donors (Lipinski definition) is 2. The SMILES string of the molecule is CC(=O)OCC1CC(=C2C(=O)N3C=CC(N)S[C@H]23)CCC1C(=O)O.Cl. The molecule has 1 saturated carbocycles. The number of aliphatic carboxylic acids is 1. The molecule has 1 aliphatic carbocycles. The van der Waals surface area contributed by atoms with E-state index in [0.717, 1.165) is 11.1 Å². The number of fused-ring (bicyclic) bond motifs is 1. The van der Waals surface area contributed by atoms with E-state index in [1.54, 1.807) is 17.2 Å². The Morgan fingerprint density at radius 2 is 2.20 bits per heavy atom. The number of nitrogens with two attached hydrogens (primary N) is 1. The van der Waals surface area contributed by atoms with Gasteiger partial charge in [-0.2, -0.15) is 0 Å². The maximum Gasteiger partial charge on any atom is 0.306 e. The minimum Gasteiger partial charge on any atom is -0.481 e. The van der Waals surface area contributed by atoms with Gasteiger partial charge in [0.05, 0.1) is 17.9 Å². The quantitative estimate of drug-likeness (QED) is 0.428. The van der Waals surface area contributed by atoms with E-state index in [9.17, 15) is 19.5 Å². The van der Waals surface area contributed by atoms with Crippen LogP contribution in [0.2, 0.25) is 0 Å². The van der Waals surface area contributed by atoms with Crippen LogP contribution in [0.4, 0.5) is 0 Å². The molecule has 25 heavy (non-hydrogen) atoms. The summed E-state index contributed by atoms with van der Waals surface area (Å²) in [7, 11) is 0. The summed E-state index contributed by atoms with van der Waals surface area (Å²) in [6.07, 6.45) is 5.00. The molecule has 0 radical (unpaired) electrons. The van der Waals surface area contributed by atoms with Crippen molar-refractivity contribution in [3.05, 3.63) is 23.4 Å². The number of thioether (sulfide) groups is 1. The van der Waals surface area contributed by atoms with Crippen molar-refractivity contribution in [1.82, 2.24) is 4.90 Å². The number of rotatable bonds is 3. The molecule has 3 aliphatic rings. The molecule has 3 unspecified atom stereocenters. The number of hydrogen-bond acceptors (Lipinski definition) is 6. The Morgan fingerprint density at radius 3 is 2.84 bits per heavy atom. The Hall–Kier alpha value is -1.51. The summed E-state index contributed by atoms with van der Waals surface area (Å²) < 4.78 is 5.04. The first kappa shape index (κ1) is 19.8. The summed E-state index contributed by atoms with van der Waals surface area (Å²) in [5.74, 6) is -2.20. The Bertz CT molecular complexity index is 650. The van der Waals surface area contributed by atoms with Crippen LogP contribution in [0.15, 0.2) is 23.4 Å². The number of carbonyl (C=O) groups excluding carboxylic acids is 2. The number of carboxylic acid groups (broad SMARTS) is 1. The number of carboxylic acids is 1. The molecule has 9 heteroatoms. The van der Waals surface area contributed by atoms with Crippen molar-refractivity contribution < 1.29 is 24.2 Å². The van der Waals surface area contributed by atoms with Crippen LogP contribution >= 0.6 is 24.2 Å². The number of ether oxygens (including phenoxy) is 1. The lowest BCUT2D eigenvalue weighted by atomic mass is 9.75. The highest BCUT2D eigenvalue weighted by atomic mass is 35.5. The molecule has 7 nitrogen and oxygen atoms in total. The third-order valence-electron chi connectivity index (χ3n) is 4.72. The molecule has 0 aromatic carbocycles. The molecule has 2 heterocycles. The molecule has 138 valence electrons. The van der Waals surface area contributed by atoms with Crippen LogP contribution in [0.25, 0.3) is 0 Å². The van der Waals surface area contributed by atoms with Crippen molar-refractivity contribution in [2.75, 3.05) is 6.61 Å². The van der Waals surface area contributed by atoms with Crippen LogP contribution in [0, 0.1) is 11.8 Å². The summed E-state index contributed by atoms with van der Waals surface area (Å²) in [5, 5.41) is 9.15. The average molecular weight is 389 g/mol. The van der Waals surface area contributed by atoms with Gasteiger partial charge in [-0.25, -0.2) is 0 Å². The van der Waals surface area contributed by atoms with E-state index in [0.29, 0.717) is 19.3 Å². The van der Waals surface area contributed by atoms with Gasteiger partial charge in [0.15, 0.2) is 0 Å². The fourth-order valence-corrected chi connectivity index (χ4v) is 4.66. The Balaban J connectivity index is 0.00000225. The number of esters is 1. The molecule has 0 bridgehead atoms. The van der Waals surface area contributed by atoms with Crippen molar-refractivity contribution in [3.8, 4) is 0 Å². The first-order valence-corrected chi connectivity index (χ1v) is 8.83. The second-order valence-corrected chi connectivity index (χ2v) is 7.54. The molecular formula is C16H21ClN2O5S. The Morgan fingerprint density at radius 1 is 1.48 bits per heavy atom.